The molecule has 0 aliphatic rings. The Balaban J connectivity index is 2.33. The van der Waals surface area contributed by atoms with Gasteiger partial charge in [-0.15, -0.1) is 0 Å². The molecule has 252 valence electrons. The fourth-order valence-corrected chi connectivity index (χ4v) is 6.03. The first-order chi connectivity index (χ1) is 20.2. The van der Waals surface area contributed by atoms with E-state index in [-0.39, 0.29) is 46.1 Å². The monoisotopic (exact) mass is 622 g/mol. The van der Waals surface area contributed by atoms with Crippen LogP contribution in [-0.2, 0) is 44.1 Å². The van der Waals surface area contributed by atoms with Gasteiger partial charge in [0, 0.05) is 12.8 Å². The summed E-state index contributed by atoms with van der Waals surface area (Å²) >= 11 is 0. The third-order valence-corrected chi connectivity index (χ3v) is 8.90. The molecule has 6 N–H and O–H groups in total. The summed E-state index contributed by atoms with van der Waals surface area (Å²) in [6.45, 7) is 26.7. The summed E-state index contributed by atoms with van der Waals surface area (Å²) in [5, 5.41) is 22.2. The van der Waals surface area contributed by atoms with Crippen LogP contribution in [0.4, 0.5) is 0 Å². The molecule has 45 heavy (non-hydrogen) atoms. The summed E-state index contributed by atoms with van der Waals surface area (Å²) in [5.74, 6) is -0.658. The number of Topliss-reactive ketones (excluding diaryl/α,β-unsaturated/α-hetero) is 2. The van der Waals surface area contributed by atoms with Crippen LogP contribution in [-0.4, -0.2) is 27.4 Å². The third-order valence-electron chi connectivity index (χ3n) is 8.90. The largest absolute Gasteiger partial charge is 0.507 e. The maximum absolute atomic E-state index is 13.7. The van der Waals surface area contributed by atoms with Crippen LogP contribution in [0.15, 0.2) is 24.3 Å². The maximum atomic E-state index is 13.7. The predicted octanol–water partition coefficient (Wildman–Crippen LogP) is 8.02. The number of benzene rings is 2. The van der Waals surface area contributed by atoms with Crippen molar-refractivity contribution < 1.29 is 19.8 Å². The molecule has 2 rings (SSSR count). The van der Waals surface area contributed by atoms with Gasteiger partial charge in [0.15, 0.2) is 5.78 Å². The van der Waals surface area contributed by atoms with Crippen LogP contribution in [0.2, 0.25) is 0 Å². The van der Waals surface area contributed by atoms with Crippen LogP contribution < -0.4 is 11.5 Å². The van der Waals surface area contributed by atoms with Gasteiger partial charge < -0.3 is 21.7 Å². The van der Waals surface area contributed by atoms with Crippen molar-refractivity contribution >= 4 is 11.6 Å². The number of phenolic OH excluding ortho intramolecular Hbond substituents is 2. The minimum absolute atomic E-state index is 0.0975. The molecule has 6 heteroatoms. The lowest BCUT2D eigenvalue weighted by molar-refractivity contribution is -0.134. The molecule has 6 nitrogen and oxygen atoms in total. The van der Waals surface area contributed by atoms with Gasteiger partial charge >= 0.3 is 0 Å². The second-order valence-electron chi connectivity index (χ2n) is 17.2. The van der Waals surface area contributed by atoms with Gasteiger partial charge in [-0.2, -0.15) is 0 Å². The van der Waals surface area contributed by atoms with E-state index in [1.165, 1.54) is 0 Å². The molecule has 0 saturated carbocycles. The number of phenols is 2. The Hall–Kier alpha value is -2.70. The molecule has 1 atom stereocenters. The number of aromatic hydroxyl groups is 2. The topological polar surface area (TPSA) is 127 Å². The lowest BCUT2D eigenvalue weighted by Gasteiger charge is -2.32. The second kappa shape index (κ2) is 13.6. The summed E-state index contributed by atoms with van der Waals surface area (Å²) in [6, 6.07) is 7.92. The Kier molecular flexibility index (Phi) is 11.6. The quantitative estimate of drug-likeness (QED) is 0.188. The number of ketones is 2. The lowest BCUT2D eigenvalue weighted by atomic mass is 9.76. The number of aryl methyl sites for hydroxylation is 2. The minimum Gasteiger partial charge on any atom is -0.507 e. The average molecular weight is 623 g/mol. The van der Waals surface area contributed by atoms with E-state index in [0.29, 0.717) is 37.2 Å². The van der Waals surface area contributed by atoms with E-state index in [4.69, 9.17) is 11.5 Å². The molecule has 0 aliphatic carbocycles. The van der Waals surface area contributed by atoms with E-state index in [1.54, 1.807) is 0 Å². The number of nitrogens with two attached hydrogens (primary N) is 2. The summed E-state index contributed by atoms with van der Waals surface area (Å²) in [6.07, 6.45) is 2.27. The average Bonchev–Trinajstić information content (AvgIpc) is 2.87. The van der Waals surface area contributed by atoms with E-state index < -0.39 is 11.6 Å². The molecule has 0 fully saturated rings. The molecule has 0 bridgehead atoms. The Morgan fingerprint density at radius 2 is 0.933 bits per heavy atom. The van der Waals surface area contributed by atoms with Crippen LogP contribution in [0.3, 0.4) is 0 Å². The van der Waals surface area contributed by atoms with Gasteiger partial charge in [-0.3, -0.25) is 9.59 Å². The zero-order valence-electron chi connectivity index (χ0n) is 30.5. The standard InChI is InChI=1S/C39H62N2O4/c1-14-15-26(31(42)18-16-24-20-27(35(2,3)4)33(44)28(21-24)36(5,6)7)39(40,41)32(43)19-17-25-22-29(37(8,9)10)34(45)30(23-25)38(11,12)13/h20-23,26,44-45H,14-19,40-41H2,1-13H3. The highest BCUT2D eigenvalue weighted by Crippen LogP contribution is 2.41. The number of carbonyl (C=O) groups is 2. The predicted molar refractivity (Wildman–Crippen MR) is 187 cm³/mol. The van der Waals surface area contributed by atoms with Crippen molar-refractivity contribution in [2.75, 3.05) is 0 Å². The van der Waals surface area contributed by atoms with Gasteiger partial charge in [-0.05, 0) is 74.3 Å². The van der Waals surface area contributed by atoms with Crippen LogP contribution in [0.1, 0.15) is 149 Å². The SMILES string of the molecule is CCCC(C(=O)CCc1cc(C(C)(C)C)c(O)c(C(C)(C)C)c1)C(N)(N)C(=O)CCc1cc(C(C)(C)C)c(O)c(C(C)(C)C)c1. The van der Waals surface area contributed by atoms with Crippen molar-refractivity contribution in [2.45, 2.75) is 156 Å². The van der Waals surface area contributed by atoms with E-state index in [9.17, 15) is 19.8 Å². The molecule has 2 aromatic carbocycles. The number of rotatable bonds is 11. The zero-order valence-corrected chi connectivity index (χ0v) is 30.5. The van der Waals surface area contributed by atoms with E-state index in [0.717, 1.165) is 33.4 Å². The van der Waals surface area contributed by atoms with Gasteiger partial charge in [-0.1, -0.05) is 121 Å². The summed E-state index contributed by atoms with van der Waals surface area (Å²) in [7, 11) is 0. The van der Waals surface area contributed by atoms with E-state index >= 15 is 0 Å². The Bertz CT molecular complexity index is 1310. The van der Waals surface area contributed by atoms with Gasteiger partial charge in [0.1, 0.15) is 22.9 Å². The number of carbonyl (C=O) groups excluding carboxylic acids is 2. The normalized spacial score (nSPS) is 14.0. The fourth-order valence-electron chi connectivity index (χ4n) is 6.03. The Morgan fingerprint density at radius 3 is 1.22 bits per heavy atom. The Labute approximate surface area is 273 Å². The third kappa shape index (κ3) is 9.42. The molecule has 1 unspecified atom stereocenters. The van der Waals surface area contributed by atoms with Crippen molar-refractivity contribution in [1.82, 2.24) is 0 Å². The van der Waals surface area contributed by atoms with Crippen molar-refractivity contribution in [1.29, 1.82) is 0 Å². The highest BCUT2D eigenvalue weighted by Gasteiger charge is 2.41. The van der Waals surface area contributed by atoms with Crippen LogP contribution in [0.5, 0.6) is 11.5 Å². The molecule has 0 spiro atoms. The molecule has 2 aromatic rings. The van der Waals surface area contributed by atoms with E-state index in [2.05, 4.69) is 83.1 Å². The second-order valence-corrected chi connectivity index (χ2v) is 17.2. The molecule has 0 aliphatic heterocycles. The first-order valence-electron chi connectivity index (χ1n) is 16.6. The fraction of sp³-hybridized carbons (Fsp3) is 0.641. The number of hydrogen-bond donors (Lipinski definition) is 4. The molecular formula is C39H62N2O4. The highest BCUT2D eigenvalue weighted by molar-refractivity contribution is 5.95. The molecule has 0 amide bonds. The highest BCUT2D eigenvalue weighted by atomic mass is 16.3. The van der Waals surface area contributed by atoms with Crippen LogP contribution in [0.25, 0.3) is 0 Å². The van der Waals surface area contributed by atoms with Gasteiger partial charge in [0.25, 0.3) is 0 Å². The molecule has 0 saturated heterocycles. The van der Waals surface area contributed by atoms with Gasteiger partial charge in [0.05, 0.1) is 5.92 Å². The molecule has 0 heterocycles. The summed E-state index contributed by atoms with van der Waals surface area (Å²) in [5.41, 5.74) is 15.5. The van der Waals surface area contributed by atoms with Crippen molar-refractivity contribution in [3.63, 3.8) is 0 Å². The van der Waals surface area contributed by atoms with E-state index in [1.807, 2.05) is 31.2 Å². The van der Waals surface area contributed by atoms with Crippen molar-refractivity contribution in [3.05, 3.63) is 57.6 Å². The molecule has 0 radical (unpaired) electrons. The zero-order chi connectivity index (χ0) is 34.9. The smallest absolute Gasteiger partial charge is 0.168 e. The van der Waals surface area contributed by atoms with Crippen molar-refractivity contribution in [2.24, 2.45) is 17.4 Å². The maximum Gasteiger partial charge on any atom is 0.168 e. The number of hydrogen-bond acceptors (Lipinski definition) is 6. The lowest BCUT2D eigenvalue weighted by Crippen LogP contribution is -2.63. The van der Waals surface area contributed by atoms with Gasteiger partial charge in [-0.25, -0.2) is 0 Å². The molecular weight excluding hydrogens is 560 g/mol. The molecule has 0 aromatic heterocycles. The first-order valence-corrected chi connectivity index (χ1v) is 16.6. The van der Waals surface area contributed by atoms with Gasteiger partial charge in [0.2, 0.25) is 0 Å². The van der Waals surface area contributed by atoms with Crippen LogP contribution in [0, 0.1) is 5.92 Å². The summed E-state index contributed by atoms with van der Waals surface area (Å²) < 4.78 is 0. The van der Waals surface area contributed by atoms with Crippen LogP contribution >= 0.6 is 0 Å². The summed E-state index contributed by atoms with van der Waals surface area (Å²) in [4.78, 5) is 27.4. The Morgan fingerprint density at radius 1 is 0.622 bits per heavy atom. The minimum atomic E-state index is -1.79. The van der Waals surface area contributed by atoms with Crippen molar-refractivity contribution in [3.8, 4) is 11.5 Å². The first kappa shape index (κ1) is 38.5.